The zero-order chi connectivity index (χ0) is 12.8. The number of aromatic hydroxyl groups is 1. The van der Waals surface area contributed by atoms with Crippen molar-refractivity contribution in [2.45, 2.75) is 13.0 Å². The lowest BCUT2D eigenvalue weighted by atomic mass is 10.1. The Morgan fingerprint density at radius 2 is 1.56 bits per heavy atom. The van der Waals surface area contributed by atoms with Crippen LogP contribution in [0, 0.1) is 0 Å². The van der Waals surface area contributed by atoms with E-state index in [1.54, 1.807) is 12.1 Å². The Labute approximate surface area is 107 Å². The maximum absolute atomic E-state index is 9.17. The summed E-state index contributed by atoms with van der Waals surface area (Å²) in [5.74, 6) is 1.11. The number of ether oxygens (including phenoxy) is 1. The highest BCUT2D eigenvalue weighted by Crippen LogP contribution is 2.16. The summed E-state index contributed by atoms with van der Waals surface area (Å²) in [5.41, 5.74) is 2.25. The number of allylic oxidation sites excluding steroid dienone is 1. The van der Waals surface area contributed by atoms with Gasteiger partial charge in [0.15, 0.2) is 0 Å². The molecule has 0 radical (unpaired) electrons. The predicted octanol–water partition coefficient (Wildman–Crippen LogP) is 3.70. The van der Waals surface area contributed by atoms with Crippen molar-refractivity contribution in [2.24, 2.45) is 0 Å². The molecule has 18 heavy (non-hydrogen) atoms. The van der Waals surface area contributed by atoms with Gasteiger partial charge in [0.2, 0.25) is 0 Å². The van der Waals surface area contributed by atoms with Gasteiger partial charge in [-0.15, -0.1) is 6.58 Å². The fourth-order valence-corrected chi connectivity index (χ4v) is 1.65. The van der Waals surface area contributed by atoms with Crippen LogP contribution in [0.5, 0.6) is 11.5 Å². The van der Waals surface area contributed by atoms with Gasteiger partial charge < -0.3 is 9.84 Å². The summed E-state index contributed by atoms with van der Waals surface area (Å²) >= 11 is 0. The minimum Gasteiger partial charge on any atom is -0.508 e. The van der Waals surface area contributed by atoms with E-state index in [9.17, 15) is 5.11 Å². The lowest BCUT2D eigenvalue weighted by Crippen LogP contribution is -1.95. The van der Waals surface area contributed by atoms with Crippen LogP contribution in [-0.4, -0.2) is 5.11 Å². The summed E-state index contributed by atoms with van der Waals surface area (Å²) < 4.78 is 5.66. The van der Waals surface area contributed by atoms with Crippen molar-refractivity contribution in [1.82, 2.24) is 0 Å². The van der Waals surface area contributed by atoms with E-state index in [1.165, 1.54) is 5.56 Å². The molecule has 0 saturated carbocycles. The van der Waals surface area contributed by atoms with Gasteiger partial charge in [0.05, 0.1) is 0 Å². The van der Waals surface area contributed by atoms with Crippen LogP contribution in [-0.2, 0) is 13.0 Å². The predicted molar refractivity (Wildman–Crippen MR) is 72.8 cm³/mol. The SMILES string of the molecule is C=CCc1ccc(OCc2ccc(O)cc2)cc1. The monoisotopic (exact) mass is 240 g/mol. The third kappa shape index (κ3) is 3.39. The third-order valence-corrected chi connectivity index (χ3v) is 2.65. The van der Waals surface area contributed by atoms with E-state index in [1.807, 2.05) is 42.5 Å². The molecule has 1 N–H and O–H groups in total. The first-order valence-corrected chi connectivity index (χ1v) is 5.88. The van der Waals surface area contributed by atoms with Crippen molar-refractivity contribution in [1.29, 1.82) is 0 Å². The van der Waals surface area contributed by atoms with Crippen LogP contribution in [0.4, 0.5) is 0 Å². The molecule has 0 amide bonds. The number of benzene rings is 2. The molecular weight excluding hydrogens is 224 g/mol. The lowest BCUT2D eigenvalue weighted by molar-refractivity contribution is 0.306. The summed E-state index contributed by atoms with van der Waals surface area (Å²) in [4.78, 5) is 0. The van der Waals surface area contributed by atoms with Crippen LogP contribution in [0.25, 0.3) is 0 Å². The zero-order valence-corrected chi connectivity index (χ0v) is 10.2. The Kier molecular flexibility index (Phi) is 4.02. The minimum atomic E-state index is 0.271. The first kappa shape index (κ1) is 12.2. The second kappa shape index (κ2) is 5.92. The summed E-state index contributed by atoms with van der Waals surface area (Å²) in [6.45, 7) is 4.21. The first-order valence-electron chi connectivity index (χ1n) is 5.88. The molecule has 0 spiro atoms. The highest BCUT2D eigenvalue weighted by molar-refractivity contribution is 5.29. The number of rotatable bonds is 5. The summed E-state index contributed by atoms with van der Waals surface area (Å²) in [6, 6.07) is 15.0. The fraction of sp³-hybridized carbons (Fsp3) is 0.125. The second-order valence-corrected chi connectivity index (χ2v) is 4.09. The molecule has 2 rings (SSSR count). The second-order valence-electron chi connectivity index (χ2n) is 4.09. The van der Waals surface area contributed by atoms with Crippen molar-refractivity contribution in [3.63, 3.8) is 0 Å². The van der Waals surface area contributed by atoms with Crippen LogP contribution >= 0.6 is 0 Å². The van der Waals surface area contributed by atoms with Gasteiger partial charge in [-0.1, -0.05) is 30.3 Å². The molecule has 0 aliphatic carbocycles. The van der Waals surface area contributed by atoms with Gasteiger partial charge in [-0.05, 0) is 41.8 Å². The smallest absolute Gasteiger partial charge is 0.119 e. The molecule has 0 aliphatic rings. The number of phenols is 1. The van der Waals surface area contributed by atoms with E-state index in [-0.39, 0.29) is 5.75 Å². The van der Waals surface area contributed by atoms with E-state index >= 15 is 0 Å². The van der Waals surface area contributed by atoms with Gasteiger partial charge in [-0.25, -0.2) is 0 Å². The van der Waals surface area contributed by atoms with E-state index in [4.69, 9.17) is 4.74 Å². The van der Waals surface area contributed by atoms with Crippen molar-refractivity contribution < 1.29 is 9.84 Å². The van der Waals surface area contributed by atoms with Crippen LogP contribution in [0.1, 0.15) is 11.1 Å². The Hall–Kier alpha value is -2.22. The normalized spacial score (nSPS) is 10.0. The number of hydrogen-bond acceptors (Lipinski definition) is 2. The molecule has 92 valence electrons. The van der Waals surface area contributed by atoms with E-state index in [2.05, 4.69) is 6.58 Å². The van der Waals surface area contributed by atoms with Crippen LogP contribution < -0.4 is 4.74 Å². The maximum Gasteiger partial charge on any atom is 0.119 e. The quantitative estimate of drug-likeness (QED) is 0.807. The van der Waals surface area contributed by atoms with Crippen LogP contribution in [0.2, 0.25) is 0 Å². The molecule has 0 atom stereocenters. The highest BCUT2D eigenvalue weighted by Gasteiger charge is 1.97. The lowest BCUT2D eigenvalue weighted by Gasteiger charge is -2.07. The van der Waals surface area contributed by atoms with Gasteiger partial charge >= 0.3 is 0 Å². The van der Waals surface area contributed by atoms with Gasteiger partial charge in [-0.3, -0.25) is 0 Å². The summed E-state index contributed by atoms with van der Waals surface area (Å²) in [6.07, 6.45) is 2.75. The molecule has 0 aliphatic heterocycles. The van der Waals surface area contributed by atoms with Gasteiger partial charge in [0, 0.05) is 0 Å². The van der Waals surface area contributed by atoms with Crippen molar-refractivity contribution in [3.05, 3.63) is 72.3 Å². The number of phenolic OH excluding ortho intramolecular Hbond substituents is 1. The molecule has 0 unspecified atom stereocenters. The molecular formula is C16H16O2. The molecule has 0 fully saturated rings. The minimum absolute atomic E-state index is 0.271. The van der Waals surface area contributed by atoms with E-state index in [0.29, 0.717) is 6.61 Å². The topological polar surface area (TPSA) is 29.5 Å². The fourth-order valence-electron chi connectivity index (χ4n) is 1.65. The largest absolute Gasteiger partial charge is 0.508 e. The van der Waals surface area contributed by atoms with Crippen molar-refractivity contribution in [2.75, 3.05) is 0 Å². The van der Waals surface area contributed by atoms with Gasteiger partial charge in [0.25, 0.3) is 0 Å². The molecule has 2 nitrogen and oxygen atoms in total. The van der Waals surface area contributed by atoms with Crippen molar-refractivity contribution in [3.8, 4) is 11.5 Å². The third-order valence-electron chi connectivity index (χ3n) is 2.65. The highest BCUT2D eigenvalue weighted by atomic mass is 16.5. The van der Waals surface area contributed by atoms with Crippen LogP contribution in [0.3, 0.4) is 0 Å². The Morgan fingerprint density at radius 1 is 0.944 bits per heavy atom. The molecule has 0 saturated heterocycles. The Morgan fingerprint density at radius 3 is 2.17 bits per heavy atom. The first-order chi connectivity index (χ1) is 8.78. The molecule has 0 heterocycles. The maximum atomic E-state index is 9.17. The summed E-state index contributed by atoms with van der Waals surface area (Å²) in [5, 5.41) is 9.17. The molecule has 0 aromatic heterocycles. The van der Waals surface area contributed by atoms with Crippen LogP contribution in [0.15, 0.2) is 61.2 Å². The van der Waals surface area contributed by atoms with E-state index in [0.717, 1.165) is 17.7 Å². The molecule has 0 bridgehead atoms. The molecule has 2 heteroatoms. The molecule has 2 aromatic carbocycles. The van der Waals surface area contributed by atoms with Gasteiger partial charge in [-0.2, -0.15) is 0 Å². The van der Waals surface area contributed by atoms with Gasteiger partial charge in [0.1, 0.15) is 18.1 Å². The standard InChI is InChI=1S/C16H16O2/c1-2-3-13-6-10-16(11-7-13)18-12-14-4-8-15(17)9-5-14/h2,4-11,17H,1,3,12H2. The number of hydrogen-bond donors (Lipinski definition) is 1. The Balaban J connectivity index is 1.93. The Bertz CT molecular complexity index is 498. The summed E-state index contributed by atoms with van der Waals surface area (Å²) in [7, 11) is 0. The van der Waals surface area contributed by atoms with Crippen molar-refractivity contribution >= 4 is 0 Å². The van der Waals surface area contributed by atoms with E-state index < -0.39 is 0 Å². The molecule has 2 aromatic rings. The average molecular weight is 240 g/mol. The average Bonchev–Trinajstić information content (AvgIpc) is 2.40. The zero-order valence-electron chi connectivity index (χ0n) is 10.2.